The smallest absolute Gasteiger partial charge is 0.303 e. The minimum absolute atomic E-state index is 0.0268. The second kappa shape index (κ2) is 10.8. The fourth-order valence-corrected chi connectivity index (χ4v) is 4.27. The number of benzene rings is 2. The number of carboxylic acid groups (broad SMARTS) is 1. The van der Waals surface area contributed by atoms with Gasteiger partial charge in [0.2, 0.25) is 5.91 Å². The number of carbonyl (C=O) groups excluding carboxylic acids is 1. The lowest BCUT2D eigenvalue weighted by molar-refractivity contribution is -0.137. The number of anilines is 1. The molecule has 0 atom stereocenters. The van der Waals surface area contributed by atoms with E-state index < -0.39 is 5.97 Å². The number of carbonyl (C=O) groups is 2. The van der Waals surface area contributed by atoms with Gasteiger partial charge in [0.15, 0.2) is 0 Å². The molecule has 3 rings (SSSR count). The van der Waals surface area contributed by atoms with E-state index in [4.69, 9.17) is 5.11 Å². The molecular weight excluding hydrogens is 404 g/mol. The van der Waals surface area contributed by atoms with Crippen LogP contribution in [0.4, 0.5) is 5.69 Å². The molecule has 0 aliphatic heterocycles. The molecule has 0 saturated carbocycles. The number of hydrogen-bond acceptors (Lipinski definition) is 3. The van der Waals surface area contributed by atoms with Crippen LogP contribution in [0.1, 0.15) is 56.7 Å². The second-order valence-electron chi connectivity index (χ2n) is 8.29. The van der Waals surface area contributed by atoms with Crippen LogP contribution in [-0.2, 0) is 16.1 Å². The Kier molecular flexibility index (Phi) is 7.92. The molecule has 2 aromatic carbocycles. The molecule has 1 aromatic heterocycles. The van der Waals surface area contributed by atoms with Gasteiger partial charge in [-0.1, -0.05) is 49.6 Å². The topological polar surface area (TPSA) is 82.8 Å². The van der Waals surface area contributed by atoms with Crippen molar-refractivity contribution in [3.63, 3.8) is 0 Å². The van der Waals surface area contributed by atoms with Gasteiger partial charge in [0, 0.05) is 37.5 Å². The third-order valence-electron chi connectivity index (χ3n) is 5.88. The zero-order chi connectivity index (χ0) is 23.1. The molecule has 0 spiro atoms. The van der Waals surface area contributed by atoms with Crippen molar-refractivity contribution in [3.05, 3.63) is 59.8 Å². The Morgan fingerprint density at radius 1 is 0.969 bits per heavy atom. The van der Waals surface area contributed by atoms with Crippen molar-refractivity contribution in [2.24, 2.45) is 0 Å². The van der Waals surface area contributed by atoms with Gasteiger partial charge >= 0.3 is 5.97 Å². The number of rotatable bonds is 11. The summed E-state index contributed by atoms with van der Waals surface area (Å²) in [6.45, 7) is 4.88. The van der Waals surface area contributed by atoms with Gasteiger partial charge in [0.05, 0.1) is 11.2 Å². The highest BCUT2D eigenvalue weighted by Gasteiger charge is 2.22. The van der Waals surface area contributed by atoms with Crippen LogP contribution in [0.25, 0.3) is 10.9 Å². The maximum absolute atomic E-state index is 12.6. The number of carboxylic acids is 1. The average Bonchev–Trinajstić information content (AvgIpc) is 3.01. The van der Waals surface area contributed by atoms with Gasteiger partial charge in [-0.05, 0) is 43.5 Å². The standard InChI is InChI=1S/C26H32N2O4/c1-19-26(27(20(2)29)16-10-5-3-4-9-13-25(31)32)23-17-22(30)14-15-24(23)28(19)18-21-11-7-6-8-12-21/h6-8,11-12,14-15,17,30H,3-5,9-10,13,16,18H2,1-2H3,(H,31,32). The maximum atomic E-state index is 12.6. The number of unbranched alkanes of at least 4 members (excludes halogenated alkanes) is 4. The summed E-state index contributed by atoms with van der Waals surface area (Å²) in [4.78, 5) is 25.1. The van der Waals surface area contributed by atoms with Crippen LogP contribution in [0.5, 0.6) is 5.75 Å². The summed E-state index contributed by atoms with van der Waals surface area (Å²) in [7, 11) is 0. The zero-order valence-corrected chi connectivity index (χ0v) is 18.9. The lowest BCUT2D eigenvalue weighted by Gasteiger charge is -2.22. The molecule has 6 nitrogen and oxygen atoms in total. The van der Waals surface area contributed by atoms with E-state index in [1.165, 1.54) is 5.56 Å². The average molecular weight is 437 g/mol. The maximum Gasteiger partial charge on any atom is 0.303 e. The molecule has 32 heavy (non-hydrogen) atoms. The molecule has 170 valence electrons. The third-order valence-corrected chi connectivity index (χ3v) is 5.88. The normalized spacial score (nSPS) is 11.1. The summed E-state index contributed by atoms with van der Waals surface area (Å²) in [5.41, 5.74) is 4.00. The van der Waals surface area contributed by atoms with Crippen LogP contribution in [0.15, 0.2) is 48.5 Å². The Morgan fingerprint density at radius 3 is 2.34 bits per heavy atom. The molecule has 0 saturated heterocycles. The molecule has 0 fully saturated rings. The van der Waals surface area contributed by atoms with Crippen LogP contribution in [-0.4, -0.2) is 33.2 Å². The monoisotopic (exact) mass is 436 g/mol. The van der Waals surface area contributed by atoms with Crippen molar-refractivity contribution in [2.75, 3.05) is 11.4 Å². The van der Waals surface area contributed by atoms with Gasteiger partial charge in [0.1, 0.15) is 5.75 Å². The first kappa shape index (κ1) is 23.4. The number of phenols is 1. The van der Waals surface area contributed by atoms with Crippen molar-refractivity contribution in [3.8, 4) is 5.75 Å². The van der Waals surface area contributed by atoms with Crippen LogP contribution in [0, 0.1) is 6.92 Å². The molecule has 0 unspecified atom stereocenters. The van der Waals surface area contributed by atoms with Crippen LogP contribution >= 0.6 is 0 Å². The van der Waals surface area contributed by atoms with Gasteiger partial charge < -0.3 is 19.7 Å². The van der Waals surface area contributed by atoms with E-state index in [1.54, 1.807) is 19.1 Å². The number of aromatic hydroxyl groups is 1. The molecule has 0 aliphatic rings. The van der Waals surface area contributed by atoms with Crippen molar-refractivity contribution in [2.45, 2.75) is 58.9 Å². The highest BCUT2D eigenvalue weighted by atomic mass is 16.4. The highest BCUT2D eigenvalue weighted by molar-refractivity contribution is 6.04. The lowest BCUT2D eigenvalue weighted by atomic mass is 10.1. The van der Waals surface area contributed by atoms with Gasteiger partial charge in [-0.2, -0.15) is 0 Å². The van der Waals surface area contributed by atoms with Gasteiger partial charge in [0.25, 0.3) is 0 Å². The second-order valence-corrected chi connectivity index (χ2v) is 8.29. The summed E-state index contributed by atoms with van der Waals surface area (Å²) in [5, 5.41) is 19.8. The van der Waals surface area contributed by atoms with Gasteiger partial charge in [-0.3, -0.25) is 9.59 Å². The summed E-state index contributed by atoms with van der Waals surface area (Å²) in [5.74, 6) is -0.600. The molecule has 0 bridgehead atoms. The molecule has 0 aliphatic carbocycles. The minimum atomic E-state index is -0.752. The first-order valence-electron chi connectivity index (χ1n) is 11.2. The van der Waals surface area contributed by atoms with E-state index in [9.17, 15) is 14.7 Å². The fourth-order valence-electron chi connectivity index (χ4n) is 4.27. The highest BCUT2D eigenvalue weighted by Crippen LogP contribution is 2.36. The molecule has 1 heterocycles. The summed E-state index contributed by atoms with van der Waals surface area (Å²) in [6.07, 6.45) is 4.52. The summed E-state index contributed by atoms with van der Waals surface area (Å²) < 4.78 is 2.20. The van der Waals surface area contributed by atoms with Crippen molar-refractivity contribution >= 4 is 28.5 Å². The van der Waals surface area contributed by atoms with Gasteiger partial charge in [-0.25, -0.2) is 0 Å². The summed E-state index contributed by atoms with van der Waals surface area (Å²) in [6, 6.07) is 15.5. The predicted octanol–water partition coefficient (Wildman–Crippen LogP) is 5.48. The number of nitrogens with zero attached hydrogens (tertiary/aromatic N) is 2. The van der Waals surface area contributed by atoms with E-state index >= 15 is 0 Å². The van der Waals surface area contributed by atoms with Crippen molar-refractivity contribution in [1.82, 2.24) is 4.57 Å². The Balaban J connectivity index is 1.82. The first-order chi connectivity index (χ1) is 15.4. The SMILES string of the molecule is CC(=O)N(CCCCCCCC(=O)O)c1c(C)n(Cc2ccccc2)c2ccc(O)cc12. The molecule has 2 N–H and O–H groups in total. The van der Waals surface area contributed by atoms with Crippen LogP contribution < -0.4 is 4.90 Å². The Bertz CT molecular complexity index is 1070. The zero-order valence-electron chi connectivity index (χ0n) is 18.9. The van der Waals surface area contributed by atoms with Crippen molar-refractivity contribution < 1.29 is 19.8 Å². The van der Waals surface area contributed by atoms with E-state index in [0.717, 1.165) is 48.0 Å². The molecule has 0 radical (unpaired) electrons. The van der Waals surface area contributed by atoms with E-state index in [1.807, 2.05) is 36.1 Å². The largest absolute Gasteiger partial charge is 0.508 e. The number of fused-ring (bicyclic) bond motifs is 1. The molecular formula is C26H32N2O4. The molecule has 6 heteroatoms. The Hall–Kier alpha value is -3.28. The number of aliphatic carboxylic acids is 1. The number of hydrogen-bond donors (Lipinski definition) is 2. The van der Waals surface area contributed by atoms with E-state index in [-0.39, 0.29) is 18.1 Å². The quantitative estimate of drug-likeness (QED) is 0.390. The Morgan fingerprint density at radius 2 is 1.66 bits per heavy atom. The number of amides is 1. The third kappa shape index (κ3) is 5.69. The van der Waals surface area contributed by atoms with E-state index in [2.05, 4.69) is 16.7 Å². The van der Waals surface area contributed by atoms with Crippen LogP contribution in [0.3, 0.4) is 0 Å². The van der Waals surface area contributed by atoms with E-state index in [0.29, 0.717) is 19.5 Å². The molecule has 1 amide bonds. The lowest BCUT2D eigenvalue weighted by Crippen LogP contribution is -2.30. The summed E-state index contributed by atoms with van der Waals surface area (Å²) >= 11 is 0. The molecule has 3 aromatic rings. The van der Waals surface area contributed by atoms with Crippen LogP contribution in [0.2, 0.25) is 0 Å². The predicted molar refractivity (Wildman–Crippen MR) is 127 cm³/mol. The van der Waals surface area contributed by atoms with Crippen molar-refractivity contribution in [1.29, 1.82) is 0 Å². The van der Waals surface area contributed by atoms with Gasteiger partial charge in [-0.15, -0.1) is 0 Å². The Labute approximate surface area is 189 Å². The first-order valence-corrected chi connectivity index (χ1v) is 11.2. The fraction of sp³-hybridized carbons (Fsp3) is 0.385. The minimum Gasteiger partial charge on any atom is -0.508 e. The number of aromatic nitrogens is 1. The number of phenolic OH excluding ortho intramolecular Hbond substituents is 1.